The topological polar surface area (TPSA) is 41.6 Å². The highest BCUT2D eigenvalue weighted by molar-refractivity contribution is 5.98. The third kappa shape index (κ3) is 1.67. The van der Waals surface area contributed by atoms with Gasteiger partial charge in [0.25, 0.3) is 0 Å². The van der Waals surface area contributed by atoms with Gasteiger partial charge in [-0.25, -0.2) is 4.39 Å². The van der Waals surface area contributed by atoms with E-state index in [4.69, 9.17) is 5.73 Å². The maximum absolute atomic E-state index is 14.0. The molecule has 4 heteroatoms. The fourth-order valence-corrected chi connectivity index (χ4v) is 3.22. The molecule has 3 nitrogen and oxygen atoms in total. The van der Waals surface area contributed by atoms with Crippen molar-refractivity contribution in [2.75, 3.05) is 11.4 Å². The van der Waals surface area contributed by atoms with Crippen LogP contribution in [0.4, 0.5) is 10.1 Å². The van der Waals surface area contributed by atoms with E-state index < -0.39 is 0 Å². The Hall–Kier alpha value is -1.58. The van der Waals surface area contributed by atoms with E-state index in [0.717, 1.165) is 12.8 Å². The summed E-state index contributed by atoms with van der Waals surface area (Å²) in [6.45, 7) is 0.702. The Balaban J connectivity index is 2.01. The fourth-order valence-electron chi connectivity index (χ4n) is 3.22. The first kappa shape index (κ1) is 11.5. The number of guanidine groups is 1. The molecule has 1 spiro atoms. The molecular formula is C14H18FN3. The van der Waals surface area contributed by atoms with Crippen LogP contribution in [0.2, 0.25) is 0 Å². The molecule has 0 atom stereocenters. The molecule has 0 radical (unpaired) electrons. The van der Waals surface area contributed by atoms with Gasteiger partial charge in [-0.2, -0.15) is 0 Å². The zero-order chi connectivity index (χ0) is 12.6. The Morgan fingerprint density at radius 1 is 1.17 bits per heavy atom. The van der Waals surface area contributed by atoms with Crippen molar-refractivity contribution in [3.63, 3.8) is 0 Å². The summed E-state index contributed by atoms with van der Waals surface area (Å²) in [7, 11) is 0. The van der Waals surface area contributed by atoms with Gasteiger partial charge in [-0.1, -0.05) is 31.4 Å². The predicted molar refractivity (Wildman–Crippen MR) is 71.2 cm³/mol. The molecule has 1 aliphatic carbocycles. The summed E-state index contributed by atoms with van der Waals surface area (Å²) in [6.07, 6.45) is 5.70. The van der Waals surface area contributed by atoms with Crippen LogP contribution >= 0.6 is 0 Å². The lowest BCUT2D eigenvalue weighted by Gasteiger charge is -2.42. The van der Waals surface area contributed by atoms with Crippen molar-refractivity contribution in [2.24, 2.45) is 10.7 Å². The van der Waals surface area contributed by atoms with E-state index in [1.165, 1.54) is 25.3 Å². The van der Waals surface area contributed by atoms with E-state index in [2.05, 4.69) is 4.99 Å². The molecule has 0 saturated heterocycles. The van der Waals surface area contributed by atoms with Gasteiger partial charge in [0.15, 0.2) is 5.96 Å². The van der Waals surface area contributed by atoms with Gasteiger partial charge in [0.05, 0.1) is 17.8 Å². The van der Waals surface area contributed by atoms with E-state index in [0.29, 0.717) is 18.2 Å². The highest BCUT2D eigenvalue weighted by Crippen LogP contribution is 2.40. The first-order valence-corrected chi connectivity index (χ1v) is 6.58. The molecule has 2 N–H and O–H groups in total. The number of halogens is 1. The van der Waals surface area contributed by atoms with Crippen LogP contribution in [-0.2, 0) is 0 Å². The number of hydrogen-bond donors (Lipinski definition) is 1. The molecule has 0 unspecified atom stereocenters. The summed E-state index contributed by atoms with van der Waals surface area (Å²) in [6, 6.07) is 6.83. The van der Waals surface area contributed by atoms with Crippen molar-refractivity contribution < 1.29 is 4.39 Å². The third-order valence-electron chi connectivity index (χ3n) is 4.12. The minimum Gasteiger partial charge on any atom is -0.369 e. The maximum Gasteiger partial charge on any atom is 0.196 e. The van der Waals surface area contributed by atoms with Crippen LogP contribution in [0.25, 0.3) is 0 Å². The van der Waals surface area contributed by atoms with E-state index in [1.54, 1.807) is 12.1 Å². The van der Waals surface area contributed by atoms with Gasteiger partial charge >= 0.3 is 0 Å². The molecule has 3 rings (SSSR count). The summed E-state index contributed by atoms with van der Waals surface area (Å²) >= 11 is 0. The fraction of sp³-hybridized carbons (Fsp3) is 0.500. The summed E-state index contributed by atoms with van der Waals surface area (Å²) in [5.74, 6) is 0.240. The van der Waals surface area contributed by atoms with Crippen molar-refractivity contribution in [1.82, 2.24) is 0 Å². The second-order valence-corrected chi connectivity index (χ2v) is 5.25. The van der Waals surface area contributed by atoms with Crippen LogP contribution in [-0.4, -0.2) is 18.0 Å². The SMILES string of the molecule is NC1=NCC2(CCCCC2)N1c1ccccc1F. The van der Waals surface area contributed by atoms with Crippen LogP contribution in [0, 0.1) is 5.82 Å². The summed E-state index contributed by atoms with van der Waals surface area (Å²) in [5.41, 5.74) is 6.48. The van der Waals surface area contributed by atoms with Crippen LogP contribution in [0.5, 0.6) is 0 Å². The second kappa shape index (κ2) is 4.26. The highest BCUT2D eigenvalue weighted by atomic mass is 19.1. The summed E-state index contributed by atoms with van der Waals surface area (Å²) in [5, 5.41) is 0. The molecule has 1 fully saturated rings. The van der Waals surface area contributed by atoms with E-state index in [9.17, 15) is 4.39 Å². The Kier molecular flexibility index (Phi) is 2.73. The first-order valence-electron chi connectivity index (χ1n) is 6.58. The van der Waals surface area contributed by atoms with E-state index in [-0.39, 0.29) is 11.4 Å². The molecule has 1 aromatic carbocycles. The van der Waals surface area contributed by atoms with Crippen LogP contribution in [0.1, 0.15) is 32.1 Å². The number of anilines is 1. The number of aliphatic imine (C=N–C) groups is 1. The number of benzene rings is 1. The zero-order valence-corrected chi connectivity index (χ0v) is 10.4. The Labute approximate surface area is 106 Å². The summed E-state index contributed by atoms with van der Waals surface area (Å²) in [4.78, 5) is 6.30. The Bertz CT molecular complexity index is 478. The second-order valence-electron chi connectivity index (χ2n) is 5.25. The number of rotatable bonds is 1. The van der Waals surface area contributed by atoms with Gasteiger partial charge in [-0.3, -0.25) is 4.99 Å². The average molecular weight is 247 g/mol. The van der Waals surface area contributed by atoms with E-state index in [1.807, 2.05) is 11.0 Å². The minimum atomic E-state index is -0.220. The molecule has 1 aliphatic heterocycles. The number of nitrogens with zero attached hydrogens (tertiary/aromatic N) is 2. The van der Waals surface area contributed by atoms with Gasteiger partial charge in [0.2, 0.25) is 0 Å². The van der Waals surface area contributed by atoms with Crippen LogP contribution in [0.15, 0.2) is 29.3 Å². The van der Waals surface area contributed by atoms with Crippen molar-refractivity contribution in [1.29, 1.82) is 0 Å². The maximum atomic E-state index is 14.0. The molecule has 0 amide bonds. The zero-order valence-electron chi connectivity index (χ0n) is 10.4. The highest BCUT2D eigenvalue weighted by Gasteiger charge is 2.44. The molecular weight excluding hydrogens is 229 g/mol. The standard InChI is InChI=1S/C14H18FN3/c15-11-6-2-3-7-12(11)18-13(16)17-10-14(18)8-4-1-5-9-14/h2-3,6-7H,1,4-5,8-10H2,(H2,16,17). The molecule has 1 heterocycles. The average Bonchev–Trinajstić information content (AvgIpc) is 2.69. The van der Waals surface area contributed by atoms with Crippen LogP contribution in [0.3, 0.4) is 0 Å². The van der Waals surface area contributed by atoms with Gasteiger partial charge in [0, 0.05) is 0 Å². The molecule has 1 aromatic rings. The molecule has 0 bridgehead atoms. The predicted octanol–water partition coefficient (Wildman–Crippen LogP) is 2.66. The Morgan fingerprint density at radius 2 is 1.89 bits per heavy atom. The smallest absolute Gasteiger partial charge is 0.196 e. The van der Waals surface area contributed by atoms with Crippen molar-refractivity contribution in [3.05, 3.63) is 30.1 Å². The van der Waals surface area contributed by atoms with Crippen molar-refractivity contribution in [3.8, 4) is 0 Å². The minimum absolute atomic E-state index is 0.0788. The molecule has 0 aromatic heterocycles. The van der Waals surface area contributed by atoms with Gasteiger partial charge in [-0.15, -0.1) is 0 Å². The summed E-state index contributed by atoms with van der Waals surface area (Å²) < 4.78 is 14.0. The molecule has 2 aliphatic rings. The molecule has 96 valence electrons. The van der Waals surface area contributed by atoms with Gasteiger partial charge in [-0.05, 0) is 25.0 Å². The first-order chi connectivity index (χ1) is 8.73. The van der Waals surface area contributed by atoms with Crippen molar-refractivity contribution >= 4 is 11.6 Å². The monoisotopic (exact) mass is 247 g/mol. The Morgan fingerprint density at radius 3 is 2.61 bits per heavy atom. The quantitative estimate of drug-likeness (QED) is 0.829. The van der Waals surface area contributed by atoms with Gasteiger partial charge < -0.3 is 10.6 Å². The lowest BCUT2D eigenvalue weighted by atomic mass is 9.80. The normalized spacial score (nSPS) is 22.3. The lowest BCUT2D eigenvalue weighted by Crippen LogP contribution is -2.53. The van der Waals surface area contributed by atoms with Gasteiger partial charge in [0.1, 0.15) is 5.82 Å². The molecule has 1 saturated carbocycles. The number of nitrogens with two attached hydrogens (primary N) is 1. The number of para-hydroxylation sites is 1. The third-order valence-corrected chi connectivity index (χ3v) is 4.12. The lowest BCUT2D eigenvalue weighted by molar-refractivity contribution is 0.316. The van der Waals surface area contributed by atoms with Crippen molar-refractivity contribution in [2.45, 2.75) is 37.6 Å². The number of hydrogen-bond acceptors (Lipinski definition) is 3. The van der Waals surface area contributed by atoms with Crippen LogP contribution < -0.4 is 10.6 Å². The largest absolute Gasteiger partial charge is 0.369 e. The molecule has 18 heavy (non-hydrogen) atoms. The van der Waals surface area contributed by atoms with E-state index >= 15 is 0 Å².